The minimum atomic E-state index is -3.33. The molecule has 0 amide bonds. The number of fused-ring (bicyclic) bond motifs is 3. The third kappa shape index (κ3) is 4.93. The lowest BCUT2D eigenvalue weighted by molar-refractivity contribution is -0.0864. The maximum Gasteiger partial charge on any atom is 0.283 e. The molecule has 1 saturated heterocycles. The summed E-state index contributed by atoms with van der Waals surface area (Å²) < 4.78 is 56.9. The number of nitrogens with zero attached hydrogens (tertiary/aromatic N) is 3. The van der Waals surface area contributed by atoms with Crippen LogP contribution in [0.2, 0.25) is 0 Å². The summed E-state index contributed by atoms with van der Waals surface area (Å²) in [5.41, 5.74) is 3.78. The first kappa shape index (κ1) is 26.7. The predicted octanol–water partition coefficient (Wildman–Crippen LogP) is 5.31. The van der Waals surface area contributed by atoms with Gasteiger partial charge in [-0.1, -0.05) is 30.3 Å². The molecule has 3 aromatic rings. The Bertz CT molecular complexity index is 1330. The van der Waals surface area contributed by atoms with Gasteiger partial charge in [0, 0.05) is 48.2 Å². The molecule has 202 valence electrons. The second kappa shape index (κ2) is 10.7. The molecule has 1 unspecified atom stereocenters. The molecule has 0 bridgehead atoms. The molecule has 3 atom stereocenters. The fourth-order valence-corrected chi connectivity index (χ4v) is 6.02. The SMILES string of the molecule is C[C@@H]1Cc2c([nH]c3ccccc23)C(c2ccc([C@@H](F)C3CN(CCCF)C3)cc2C#N)N1CC(F)(F)CO. The maximum atomic E-state index is 15.4. The number of rotatable bonds is 9. The molecule has 1 fully saturated rings. The molecular formula is C29H32F4N4O. The van der Waals surface area contributed by atoms with E-state index in [9.17, 15) is 23.5 Å². The summed E-state index contributed by atoms with van der Waals surface area (Å²) in [4.78, 5) is 7.04. The van der Waals surface area contributed by atoms with Gasteiger partial charge in [-0.05, 0) is 48.6 Å². The highest BCUT2D eigenvalue weighted by Crippen LogP contribution is 2.43. The van der Waals surface area contributed by atoms with Gasteiger partial charge in [0.15, 0.2) is 0 Å². The van der Waals surface area contributed by atoms with Crippen molar-refractivity contribution in [2.45, 2.75) is 43.9 Å². The van der Waals surface area contributed by atoms with E-state index in [0.29, 0.717) is 43.6 Å². The fourth-order valence-electron chi connectivity index (χ4n) is 6.02. The van der Waals surface area contributed by atoms with Crippen molar-refractivity contribution in [1.82, 2.24) is 14.8 Å². The molecule has 2 aromatic carbocycles. The van der Waals surface area contributed by atoms with Crippen LogP contribution in [0.1, 0.15) is 53.5 Å². The summed E-state index contributed by atoms with van der Waals surface area (Å²) >= 11 is 0. The first-order chi connectivity index (χ1) is 18.3. The molecule has 0 saturated carbocycles. The van der Waals surface area contributed by atoms with E-state index in [1.54, 1.807) is 17.0 Å². The van der Waals surface area contributed by atoms with Gasteiger partial charge in [-0.25, -0.2) is 13.2 Å². The quantitative estimate of drug-likeness (QED) is 0.370. The lowest BCUT2D eigenvalue weighted by atomic mass is 9.84. The summed E-state index contributed by atoms with van der Waals surface area (Å²) in [5, 5.41) is 20.4. The Morgan fingerprint density at radius 2 is 1.97 bits per heavy atom. The molecule has 1 aromatic heterocycles. The number of aromatic nitrogens is 1. The molecule has 38 heavy (non-hydrogen) atoms. The summed E-state index contributed by atoms with van der Waals surface area (Å²) in [6.07, 6.45) is -0.315. The number of aliphatic hydroxyl groups is 1. The van der Waals surface area contributed by atoms with Crippen LogP contribution in [0.5, 0.6) is 0 Å². The van der Waals surface area contributed by atoms with E-state index < -0.39 is 38.0 Å². The second-order valence-corrected chi connectivity index (χ2v) is 10.6. The summed E-state index contributed by atoms with van der Waals surface area (Å²) in [6, 6.07) is 13.8. The van der Waals surface area contributed by atoms with Crippen LogP contribution >= 0.6 is 0 Å². The van der Waals surface area contributed by atoms with Crippen LogP contribution in [0.4, 0.5) is 17.6 Å². The van der Waals surface area contributed by atoms with Crippen LogP contribution in [0.3, 0.4) is 0 Å². The average Bonchev–Trinajstić information content (AvgIpc) is 3.25. The third-order valence-electron chi connectivity index (χ3n) is 7.98. The van der Waals surface area contributed by atoms with Gasteiger partial charge < -0.3 is 15.0 Å². The topological polar surface area (TPSA) is 66.3 Å². The molecular weight excluding hydrogens is 496 g/mol. The van der Waals surface area contributed by atoms with Crippen molar-refractivity contribution in [2.75, 3.05) is 39.5 Å². The minimum absolute atomic E-state index is 0.234. The molecule has 9 heteroatoms. The van der Waals surface area contributed by atoms with E-state index in [-0.39, 0.29) is 17.5 Å². The number of H-pyrrole nitrogens is 1. The van der Waals surface area contributed by atoms with Crippen molar-refractivity contribution >= 4 is 10.9 Å². The monoisotopic (exact) mass is 528 g/mol. The van der Waals surface area contributed by atoms with Gasteiger partial charge in [-0.15, -0.1) is 0 Å². The Labute approximate surface area is 219 Å². The Balaban J connectivity index is 1.52. The minimum Gasteiger partial charge on any atom is -0.390 e. The van der Waals surface area contributed by atoms with Crippen molar-refractivity contribution in [3.63, 3.8) is 0 Å². The zero-order valence-electron chi connectivity index (χ0n) is 21.3. The first-order valence-corrected chi connectivity index (χ1v) is 13.1. The number of benzene rings is 2. The molecule has 2 N–H and O–H groups in total. The lowest BCUT2D eigenvalue weighted by Gasteiger charge is -2.43. The molecule has 2 aliphatic heterocycles. The van der Waals surface area contributed by atoms with E-state index >= 15 is 4.39 Å². The Morgan fingerprint density at radius 1 is 1.21 bits per heavy atom. The van der Waals surface area contributed by atoms with Crippen LogP contribution in [-0.2, 0) is 6.42 Å². The van der Waals surface area contributed by atoms with E-state index in [1.165, 1.54) is 6.07 Å². The van der Waals surface area contributed by atoms with Gasteiger partial charge in [0.2, 0.25) is 0 Å². The zero-order chi connectivity index (χ0) is 27.0. The largest absolute Gasteiger partial charge is 0.390 e. The van der Waals surface area contributed by atoms with Gasteiger partial charge in [0.05, 0.1) is 30.9 Å². The number of hydrogen-bond acceptors (Lipinski definition) is 4. The molecule has 0 radical (unpaired) electrons. The highest BCUT2D eigenvalue weighted by Gasteiger charge is 2.42. The van der Waals surface area contributed by atoms with Crippen LogP contribution in [0.15, 0.2) is 42.5 Å². The molecule has 3 heterocycles. The van der Waals surface area contributed by atoms with Gasteiger partial charge >= 0.3 is 0 Å². The molecule has 0 aliphatic carbocycles. The number of para-hydroxylation sites is 1. The number of aliphatic hydroxyl groups excluding tert-OH is 1. The first-order valence-electron chi connectivity index (χ1n) is 13.1. The van der Waals surface area contributed by atoms with Gasteiger partial charge in [-0.3, -0.25) is 9.29 Å². The van der Waals surface area contributed by atoms with Crippen LogP contribution in [0, 0.1) is 17.2 Å². The Morgan fingerprint density at radius 3 is 2.68 bits per heavy atom. The highest BCUT2D eigenvalue weighted by molar-refractivity contribution is 5.85. The van der Waals surface area contributed by atoms with E-state index in [0.717, 1.165) is 22.2 Å². The molecule has 5 rings (SSSR count). The van der Waals surface area contributed by atoms with Crippen LogP contribution < -0.4 is 0 Å². The molecule has 5 nitrogen and oxygen atoms in total. The molecule has 0 spiro atoms. The van der Waals surface area contributed by atoms with Crippen molar-refractivity contribution in [3.05, 3.63) is 70.4 Å². The summed E-state index contributed by atoms with van der Waals surface area (Å²) in [5.74, 6) is -3.56. The lowest BCUT2D eigenvalue weighted by Crippen LogP contribution is -2.49. The fraction of sp³-hybridized carbons (Fsp3) is 0.483. The number of nitrogens with one attached hydrogen (secondary N) is 1. The molecule has 2 aliphatic rings. The Kier molecular flexibility index (Phi) is 7.49. The number of hydrogen-bond donors (Lipinski definition) is 2. The van der Waals surface area contributed by atoms with E-state index in [2.05, 4.69) is 11.1 Å². The second-order valence-electron chi connectivity index (χ2n) is 10.6. The smallest absolute Gasteiger partial charge is 0.283 e. The highest BCUT2D eigenvalue weighted by atomic mass is 19.3. The Hall–Kier alpha value is -2.93. The van der Waals surface area contributed by atoms with Crippen LogP contribution in [-0.4, -0.2) is 71.3 Å². The number of aromatic amines is 1. The van der Waals surface area contributed by atoms with E-state index in [1.807, 2.05) is 36.1 Å². The number of nitriles is 1. The van der Waals surface area contributed by atoms with Crippen LogP contribution in [0.25, 0.3) is 10.9 Å². The normalized spacial score (nSPS) is 21.7. The number of halogens is 4. The van der Waals surface area contributed by atoms with Crippen molar-refractivity contribution in [3.8, 4) is 6.07 Å². The maximum absolute atomic E-state index is 15.4. The van der Waals surface area contributed by atoms with Gasteiger partial charge in [-0.2, -0.15) is 5.26 Å². The average molecular weight is 529 g/mol. The standard InChI is InChI=1S/C29H32F4N4O/c1-18-11-24-23-5-2-3-6-25(23)35-27(24)28(37(18)16-29(32,33)17-38)22-8-7-19(12-20(22)13-34)26(31)21-14-36(15-21)10-4-9-30/h2-3,5-8,12,18,21,26,28,35,38H,4,9-11,14-17H2,1H3/t18-,26-,28?/m1/s1. The summed E-state index contributed by atoms with van der Waals surface area (Å²) in [7, 11) is 0. The van der Waals surface area contributed by atoms with Crippen molar-refractivity contribution in [2.24, 2.45) is 5.92 Å². The number of alkyl halides is 4. The van der Waals surface area contributed by atoms with Gasteiger partial charge in [0.25, 0.3) is 5.92 Å². The van der Waals surface area contributed by atoms with Crippen molar-refractivity contribution < 1.29 is 22.7 Å². The van der Waals surface area contributed by atoms with E-state index in [4.69, 9.17) is 0 Å². The third-order valence-corrected chi connectivity index (χ3v) is 7.98. The number of likely N-dealkylation sites (tertiary alicyclic amines) is 1. The van der Waals surface area contributed by atoms with Crippen molar-refractivity contribution in [1.29, 1.82) is 5.26 Å². The predicted molar refractivity (Wildman–Crippen MR) is 138 cm³/mol. The summed E-state index contributed by atoms with van der Waals surface area (Å²) in [6.45, 7) is 1.18. The zero-order valence-corrected chi connectivity index (χ0v) is 21.3. The van der Waals surface area contributed by atoms with Gasteiger partial charge in [0.1, 0.15) is 12.8 Å².